The van der Waals surface area contributed by atoms with Crippen LogP contribution < -0.4 is 16.8 Å². The lowest BCUT2D eigenvalue weighted by Gasteiger charge is -2.49. The zero-order chi connectivity index (χ0) is 16.7. The third-order valence-corrected chi connectivity index (χ3v) is 4.55. The molecule has 0 spiro atoms. The van der Waals surface area contributed by atoms with E-state index in [-0.39, 0.29) is 5.41 Å². The molecule has 3 rings (SSSR count). The molecule has 2 saturated heterocycles. The van der Waals surface area contributed by atoms with Crippen LogP contribution in [-0.4, -0.2) is 66.9 Å². The van der Waals surface area contributed by atoms with E-state index in [1.165, 1.54) is 0 Å². The summed E-state index contributed by atoms with van der Waals surface area (Å²) in [7, 11) is 0. The second kappa shape index (κ2) is 5.96. The van der Waals surface area contributed by atoms with Crippen molar-refractivity contribution in [3.8, 4) is 0 Å². The third kappa shape index (κ3) is 3.97. The predicted octanol–water partition coefficient (Wildman–Crippen LogP) is -0.147. The van der Waals surface area contributed by atoms with Crippen LogP contribution in [-0.2, 0) is 4.74 Å². The van der Waals surface area contributed by atoms with Crippen molar-refractivity contribution in [3.63, 3.8) is 0 Å². The van der Waals surface area contributed by atoms with Gasteiger partial charge < -0.3 is 26.4 Å². The molecule has 7 heteroatoms. The number of nitrogens with two attached hydrogens (primary N) is 2. The summed E-state index contributed by atoms with van der Waals surface area (Å²) in [6.45, 7) is 12.2. The maximum Gasteiger partial charge on any atom is 0.196 e. The zero-order valence-electron chi connectivity index (χ0n) is 14.5. The molecule has 0 aliphatic carbocycles. The van der Waals surface area contributed by atoms with Crippen LogP contribution in [0.3, 0.4) is 0 Å². The number of nitrogens with zero attached hydrogens (tertiary/aromatic N) is 3. The highest BCUT2D eigenvalue weighted by Gasteiger charge is 2.38. The van der Waals surface area contributed by atoms with Gasteiger partial charge in [0.15, 0.2) is 5.96 Å². The summed E-state index contributed by atoms with van der Waals surface area (Å²) in [4.78, 5) is 9.23. The van der Waals surface area contributed by atoms with Crippen molar-refractivity contribution in [1.82, 2.24) is 15.1 Å². The fraction of sp³-hybridized carbons (Fsp3) is 0.812. The molecule has 130 valence electrons. The Morgan fingerprint density at radius 3 is 2.61 bits per heavy atom. The number of aliphatic imine (C=N–C) groups is 1. The van der Waals surface area contributed by atoms with Crippen molar-refractivity contribution < 1.29 is 4.74 Å². The molecule has 0 radical (unpaired) electrons. The topological polar surface area (TPSA) is 92.1 Å². The van der Waals surface area contributed by atoms with Gasteiger partial charge in [-0.15, -0.1) is 0 Å². The van der Waals surface area contributed by atoms with E-state index in [9.17, 15) is 0 Å². The van der Waals surface area contributed by atoms with Crippen molar-refractivity contribution >= 4 is 5.96 Å². The molecule has 5 N–H and O–H groups in total. The molecule has 0 saturated carbocycles. The highest BCUT2D eigenvalue weighted by Crippen LogP contribution is 2.31. The molecule has 0 aromatic carbocycles. The first-order valence-electron chi connectivity index (χ1n) is 8.45. The van der Waals surface area contributed by atoms with E-state index >= 15 is 0 Å². The van der Waals surface area contributed by atoms with Gasteiger partial charge in [0.1, 0.15) is 11.5 Å². The molecule has 2 fully saturated rings. The van der Waals surface area contributed by atoms with E-state index in [0.717, 1.165) is 51.6 Å². The number of rotatable bonds is 3. The van der Waals surface area contributed by atoms with Crippen LogP contribution in [0.15, 0.2) is 16.9 Å². The van der Waals surface area contributed by atoms with E-state index in [2.05, 4.69) is 40.9 Å². The largest absolute Gasteiger partial charge is 0.379 e. The Hall–Kier alpha value is -1.31. The molecule has 0 aromatic rings. The summed E-state index contributed by atoms with van der Waals surface area (Å²) in [5, 5.41) is 3.17. The van der Waals surface area contributed by atoms with E-state index in [4.69, 9.17) is 16.2 Å². The van der Waals surface area contributed by atoms with Crippen LogP contribution in [0.25, 0.3) is 0 Å². The molecule has 0 bridgehead atoms. The van der Waals surface area contributed by atoms with Crippen LogP contribution in [0.2, 0.25) is 0 Å². The Labute approximate surface area is 138 Å². The second-order valence-corrected chi connectivity index (χ2v) is 8.09. The van der Waals surface area contributed by atoms with Gasteiger partial charge in [-0.3, -0.25) is 4.90 Å². The lowest BCUT2D eigenvalue weighted by Crippen LogP contribution is -2.63. The first kappa shape index (κ1) is 16.5. The highest BCUT2D eigenvalue weighted by atomic mass is 16.5. The lowest BCUT2D eigenvalue weighted by molar-refractivity contribution is -0.0239. The quantitative estimate of drug-likeness (QED) is 0.669. The first-order valence-corrected chi connectivity index (χ1v) is 8.45. The predicted molar refractivity (Wildman–Crippen MR) is 91.6 cm³/mol. The SMILES string of the molecule is CC(C)(C)CC1(N)C=C(N2CC(N3CCOCC3)C2)NC(N)=N1. The summed E-state index contributed by atoms with van der Waals surface area (Å²) in [5.41, 5.74) is 11.8. The monoisotopic (exact) mass is 322 g/mol. The molecule has 3 heterocycles. The minimum Gasteiger partial charge on any atom is -0.379 e. The number of nitrogens with one attached hydrogen (secondary N) is 1. The number of hydrogen-bond acceptors (Lipinski definition) is 7. The van der Waals surface area contributed by atoms with Gasteiger partial charge >= 0.3 is 0 Å². The van der Waals surface area contributed by atoms with Gasteiger partial charge in [0, 0.05) is 32.2 Å². The zero-order valence-corrected chi connectivity index (χ0v) is 14.5. The molecular formula is C16H30N6O. The van der Waals surface area contributed by atoms with Crippen LogP contribution >= 0.6 is 0 Å². The Morgan fingerprint density at radius 1 is 1.35 bits per heavy atom. The van der Waals surface area contributed by atoms with E-state index in [1.807, 2.05) is 6.08 Å². The Bertz CT molecular complexity index is 499. The average molecular weight is 322 g/mol. The van der Waals surface area contributed by atoms with Crippen LogP contribution in [0.5, 0.6) is 0 Å². The molecule has 1 atom stereocenters. The molecule has 23 heavy (non-hydrogen) atoms. The number of morpholine rings is 1. The summed E-state index contributed by atoms with van der Waals surface area (Å²) in [5.74, 6) is 1.40. The van der Waals surface area contributed by atoms with Crippen molar-refractivity contribution in [3.05, 3.63) is 11.9 Å². The van der Waals surface area contributed by atoms with E-state index < -0.39 is 5.66 Å². The lowest BCUT2D eigenvalue weighted by atomic mass is 9.84. The molecule has 0 amide bonds. The minimum atomic E-state index is -0.729. The smallest absolute Gasteiger partial charge is 0.196 e. The molecule has 0 aromatic heterocycles. The molecule has 3 aliphatic heterocycles. The average Bonchev–Trinajstić information content (AvgIpc) is 2.34. The van der Waals surface area contributed by atoms with Crippen LogP contribution in [0.4, 0.5) is 0 Å². The standard InChI is InChI=1S/C16H30N6O/c1-15(2,3)11-16(18)8-13(19-14(17)20-16)22-9-12(10-22)21-4-6-23-7-5-21/h8,12H,4-7,9-11,18H2,1-3H3,(H3,17,19,20). The third-order valence-electron chi connectivity index (χ3n) is 4.55. The van der Waals surface area contributed by atoms with Gasteiger partial charge in [-0.1, -0.05) is 20.8 Å². The van der Waals surface area contributed by atoms with Crippen LogP contribution in [0, 0.1) is 5.41 Å². The normalized spacial score (nSPS) is 30.3. The van der Waals surface area contributed by atoms with Gasteiger partial charge in [0.25, 0.3) is 0 Å². The van der Waals surface area contributed by atoms with Gasteiger partial charge in [-0.05, 0) is 17.9 Å². The number of hydrogen-bond donors (Lipinski definition) is 3. The second-order valence-electron chi connectivity index (χ2n) is 8.09. The number of guanidine groups is 1. The highest BCUT2D eigenvalue weighted by molar-refractivity contribution is 5.81. The van der Waals surface area contributed by atoms with Gasteiger partial charge in [0.05, 0.1) is 13.2 Å². The molecule has 7 nitrogen and oxygen atoms in total. The fourth-order valence-corrected chi connectivity index (χ4v) is 3.62. The summed E-state index contributed by atoms with van der Waals surface area (Å²) in [6, 6.07) is 0.594. The molecule has 1 unspecified atom stereocenters. The Kier molecular flexibility index (Phi) is 4.29. The van der Waals surface area contributed by atoms with Crippen LogP contribution in [0.1, 0.15) is 27.2 Å². The van der Waals surface area contributed by atoms with Crippen molar-refractivity contribution in [2.45, 2.75) is 38.9 Å². The van der Waals surface area contributed by atoms with Crippen molar-refractivity contribution in [2.75, 3.05) is 39.4 Å². The fourth-order valence-electron chi connectivity index (χ4n) is 3.62. The molecule has 3 aliphatic rings. The Morgan fingerprint density at radius 2 is 2.00 bits per heavy atom. The Balaban J connectivity index is 1.63. The first-order chi connectivity index (χ1) is 10.7. The summed E-state index contributed by atoms with van der Waals surface area (Å²) < 4.78 is 5.42. The van der Waals surface area contributed by atoms with E-state index in [1.54, 1.807) is 0 Å². The maximum absolute atomic E-state index is 6.48. The number of likely N-dealkylation sites (tertiary alicyclic amines) is 1. The van der Waals surface area contributed by atoms with Gasteiger partial charge in [-0.25, -0.2) is 4.99 Å². The van der Waals surface area contributed by atoms with E-state index in [0.29, 0.717) is 12.0 Å². The maximum atomic E-state index is 6.48. The summed E-state index contributed by atoms with van der Waals surface area (Å²) >= 11 is 0. The minimum absolute atomic E-state index is 0.0861. The van der Waals surface area contributed by atoms with Crippen molar-refractivity contribution in [2.24, 2.45) is 21.9 Å². The summed E-state index contributed by atoms with van der Waals surface area (Å²) in [6.07, 6.45) is 2.79. The van der Waals surface area contributed by atoms with Crippen molar-refractivity contribution in [1.29, 1.82) is 0 Å². The van der Waals surface area contributed by atoms with Gasteiger partial charge in [0.2, 0.25) is 0 Å². The number of ether oxygens (including phenoxy) is 1. The van der Waals surface area contributed by atoms with Gasteiger partial charge in [-0.2, -0.15) is 0 Å². The molecular weight excluding hydrogens is 292 g/mol.